The lowest BCUT2D eigenvalue weighted by atomic mass is 10.1. The van der Waals surface area contributed by atoms with E-state index in [4.69, 9.17) is 0 Å². The van der Waals surface area contributed by atoms with Gasteiger partial charge in [-0.05, 0) is 43.9 Å². The first-order chi connectivity index (χ1) is 8.19. The molecule has 1 rings (SSSR count). The summed E-state index contributed by atoms with van der Waals surface area (Å²) in [7, 11) is 0. The topological polar surface area (TPSA) is 12.9 Å². The standard InChI is InChI=1S/C14H21N.C2H6/c1-5-7-8-9-14-13(6-2)10-11(3)12(4)15-14;1-2/h8-10H,5-7H2,1-4H3;1-2H3/b9-8-;. The SMILES string of the molecule is CC.CCC/C=C\c1nc(C)c(C)cc1CC. The second-order valence-electron chi connectivity index (χ2n) is 3.98. The summed E-state index contributed by atoms with van der Waals surface area (Å²) in [5, 5.41) is 0. The number of hydrogen-bond donors (Lipinski definition) is 0. The van der Waals surface area contributed by atoms with Crippen LogP contribution in [0.3, 0.4) is 0 Å². The summed E-state index contributed by atoms with van der Waals surface area (Å²) in [4.78, 5) is 4.63. The predicted molar refractivity (Wildman–Crippen MR) is 78.4 cm³/mol. The molecule has 0 fully saturated rings. The molecule has 0 aliphatic carbocycles. The van der Waals surface area contributed by atoms with Crippen LogP contribution in [0.25, 0.3) is 6.08 Å². The molecule has 1 heteroatoms. The van der Waals surface area contributed by atoms with Crippen LogP contribution in [-0.4, -0.2) is 4.98 Å². The second-order valence-corrected chi connectivity index (χ2v) is 3.98. The van der Waals surface area contributed by atoms with Gasteiger partial charge in [0.1, 0.15) is 0 Å². The van der Waals surface area contributed by atoms with Gasteiger partial charge in [-0.3, -0.25) is 4.98 Å². The molecule has 0 aromatic carbocycles. The lowest BCUT2D eigenvalue weighted by Crippen LogP contribution is -1.96. The summed E-state index contributed by atoms with van der Waals surface area (Å²) < 4.78 is 0. The average molecular weight is 233 g/mol. The molecule has 0 radical (unpaired) electrons. The molecule has 1 aromatic rings. The Hall–Kier alpha value is -1.11. The van der Waals surface area contributed by atoms with Crippen molar-refractivity contribution >= 4 is 6.08 Å². The van der Waals surface area contributed by atoms with Crippen LogP contribution in [0.2, 0.25) is 0 Å². The highest BCUT2D eigenvalue weighted by molar-refractivity contribution is 5.50. The molecular weight excluding hydrogens is 206 g/mol. The summed E-state index contributed by atoms with van der Waals surface area (Å²) in [5.74, 6) is 0. The van der Waals surface area contributed by atoms with Crippen LogP contribution in [0.15, 0.2) is 12.1 Å². The molecule has 0 aliphatic rings. The van der Waals surface area contributed by atoms with Gasteiger partial charge in [0.2, 0.25) is 0 Å². The van der Waals surface area contributed by atoms with Crippen molar-refractivity contribution in [1.29, 1.82) is 0 Å². The number of pyridine rings is 1. The Balaban J connectivity index is 0.00000121. The van der Waals surface area contributed by atoms with Crippen LogP contribution >= 0.6 is 0 Å². The van der Waals surface area contributed by atoms with Gasteiger partial charge in [0.25, 0.3) is 0 Å². The maximum absolute atomic E-state index is 4.63. The molecular formula is C16H27N. The van der Waals surface area contributed by atoms with Gasteiger partial charge in [-0.15, -0.1) is 0 Å². The molecule has 0 N–H and O–H groups in total. The third-order valence-electron chi connectivity index (χ3n) is 2.69. The quantitative estimate of drug-likeness (QED) is 0.705. The molecule has 0 spiro atoms. The number of nitrogens with zero attached hydrogens (tertiary/aromatic N) is 1. The Morgan fingerprint density at radius 2 is 1.82 bits per heavy atom. The predicted octanol–water partition coefficient (Wildman–Crippen LogP) is 5.10. The number of rotatable bonds is 4. The van der Waals surface area contributed by atoms with Crippen LogP contribution in [-0.2, 0) is 6.42 Å². The third-order valence-corrected chi connectivity index (χ3v) is 2.69. The van der Waals surface area contributed by atoms with Crippen molar-refractivity contribution in [3.05, 3.63) is 34.7 Å². The minimum Gasteiger partial charge on any atom is -0.253 e. The van der Waals surface area contributed by atoms with Gasteiger partial charge >= 0.3 is 0 Å². The van der Waals surface area contributed by atoms with Crippen molar-refractivity contribution in [1.82, 2.24) is 4.98 Å². The van der Waals surface area contributed by atoms with Crippen LogP contribution in [0.5, 0.6) is 0 Å². The van der Waals surface area contributed by atoms with E-state index in [-0.39, 0.29) is 0 Å². The third kappa shape index (κ3) is 5.16. The lowest BCUT2D eigenvalue weighted by Gasteiger charge is -2.07. The number of aromatic nitrogens is 1. The largest absolute Gasteiger partial charge is 0.253 e. The molecule has 0 saturated carbocycles. The lowest BCUT2D eigenvalue weighted by molar-refractivity contribution is 0.960. The van der Waals surface area contributed by atoms with E-state index in [2.05, 4.69) is 50.9 Å². The molecule has 0 atom stereocenters. The van der Waals surface area contributed by atoms with Gasteiger partial charge in [-0.25, -0.2) is 0 Å². The molecule has 1 aromatic heterocycles. The molecule has 0 saturated heterocycles. The average Bonchev–Trinajstić information content (AvgIpc) is 2.36. The van der Waals surface area contributed by atoms with Crippen LogP contribution in [0.4, 0.5) is 0 Å². The normalized spacial score (nSPS) is 10.2. The van der Waals surface area contributed by atoms with E-state index < -0.39 is 0 Å². The van der Waals surface area contributed by atoms with E-state index in [0.717, 1.165) is 24.2 Å². The van der Waals surface area contributed by atoms with Gasteiger partial charge in [0, 0.05) is 5.69 Å². The van der Waals surface area contributed by atoms with Gasteiger partial charge in [0.15, 0.2) is 0 Å². The Kier molecular flexibility index (Phi) is 8.39. The van der Waals surface area contributed by atoms with Crippen molar-refractivity contribution in [3.63, 3.8) is 0 Å². The fourth-order valence-corrected chi connectivity index (χ4v) is 1.57. The molecule has 0 amide bonds. The minimum absolute atomic E-state index is 1.06. The Bertz CT molecular complexity index is 351. The maximum atomic E-state index is 4.63. The molecule has 0 unspecified atom stereocenters. The minimum atomic E-state index is 1.06. The Labute approximate surface area is 107 Å². The van der Waals surface area contributed by atoms with E-state index in [1.54, 1.807) is 0 Å². The summed E-state index contributed by atoms with van der Waals surface area (Å²) in [6, 6.07) is 2.26. The first-order valence-electron chi connectivity index (χ1n) is 6.82. The highest BCUT2D eigenvalue weighted by Crippen LogP contribution is 2.14. The second kappa shape index (κ2) is 8.98. The maximum Gasteiger partial charge on any atom is 0.0661 e. The van der Waals surface area contributed by atoms with Crippen molar-refractivity contribution in [2.45, 2.75) is 60.8 Å². The number of allylic oxidation sites excluding steroid dienone is 1. The number of hydrogen-bond acceptors (Lipinski definition) is 1. The van der Waals surface area contributed by atoms with Crippen molar-refractivity contribution in [2.75, 3.05) is 0 Å². The van der Waals surface area contributed by atoms with Crippen LogP contribution < -0.4 is 0 Å². The number of aryl methyl sites for hydroxylation is 3. The van der Waals surface area contributed by atoms with Gasteiger partial charge < -0.3 is 0 Å². The Morgan fingerprint density at radius 3 is 2.35 bits per heavy atom. The first-order valence-corrected chi connectivity index (χ1v) is 6.82. The number of unbranched alkanes of at least 4 members (excludes halogenated alkanes) is 1. The molecule has 1 nitrogen and oxygen atoms in total. The van der Waals surface area contributed by atoms with E-state index in [1.807, 2.05) is 13.8 Å². The van der Waals surface area contributed by atoms with E-state index in [9.17, 15) is 0 Å². The Morgan fingerprint density at radius 1 is 1.18 bits per heavy atom. The van der Waals surface area contributed by atoms with Gasteiger partial charge in [-0.2, -0.15) is 0 Å². The van der Waals surface area contributed by atoms with E-state index in [1.165, 1.54) is 17.5 Å². The van der Waals surface area contributed by atoms with Gasteiger partial charge in [0.05, 0.1) is 5.69 Å². The summed E-state index contributed by atoms with van der Waals surface area (Å²) in [5.41, 5.74) is 4.93. The van der Waals surface area contributed by atoms with E-state index >= 15 is 0 Å². The molecule has 96 valence electrons. The van der Waals surface area contributed by atoms with Gasteiger partial charge in [-0.1, -0.05) is 46.3 Å². The molecule has 1 heterocycles. The highest BCUT2D eigenvalue weighted by Gasteiger charge is 2.02. The monoisotopic (exact) mass is 233 g/mol. The molecule has 0 aliphatic heterocycles. The van der Waals surface area contributed by atoms with Crippen LogP contribution in [0.1, 0.15) is 63.1 Å². The summed E-state index contributed by atoms with van der Waals surface area (Å²) >= 11 is 0. The summed E-state index contributed by atoms with van der Waals surface area (Å²) in [6.07, 6.45) is 7.77. The van der Waals surface area contributed by atoms with Crippen LogP contribution in [0, 0.1) is 13.8 Å². The molecule has 17 heavy (non-hydrogen) atoms. The zero-order valence-electron chi connectivity index (χ0n) is 12.3. The first kappa shape index (κ1) is 15.9. The highest BCUT2D eigenvalue weighted by atomic mass is 14.7. The fraction of sp³-hybridized carbons (Fsp3) is 0.562. The summed E-state index contributed by atoms with van der Waals surface area (Å²) in [6.45, 7) is 12.6. The zero-order chi connectivity index (χ0) is 13.3. The van der Waals surface area contributed by atoms with Crippen molar-refractivity contribution < 1.29 is 0 Å². The van der Waals surface area contributed by atoms with Crippen molar-refractivity contribution in [3.8, 4) is 0 Å². The van der Waals surface area contributed by atoms with Crippen molar-refractivity contribution in [2.24, 2.45) is 0 Å². The smallest absolute Gasteiger partial charge is 0.0661 e. The molecule has 0 bridgehead atoms. The zero-order valence-corrected chi connectivity index (χ0v) is 12.3. The fourth-order valence-electron chi connectivity index (χ4n) is 1.57. The van der Waals surface area contributed by atoms with E-state index in [0.29, 0.717) is 0 Å².